The van der Waals surface area contributed by atoms with E-state index in [1.165, 1.54) is 0 Å². The van der Waals surface area contributed by atoms with Gasteiger partial charge in [0.1, 0.15) is 5.75 Å². The first kappa shape index (κ1) is 19.0. The van der Waals surface area contributed by atoms with E-state index < -0.39 is 0 Å². The second kappa shape index (κ2) is 8.34. The summed E-state index contributed by atoms with van der Waals surface area (Å²) in [6.45, 7) is 2.99. The van der Waals surface area contributed by atoms with Gasteiger partial charge in [0.25, 0.3) is 0 Å². The summed E-state index contributed by atoms with van der Waals surface area (Å²) in [6, 6.07) is 11.5. The number of piperazine rings is 1. The zero-order valence-corrected chi connectivity index (χ0v) is 16.6. The molecule has 1 aliphatic heterocycles. The molecule has 0 radical (unpaired) electrons. The maximum Gasteiger partial charge on any atom is 0.231 e. The molecule has 0 atom stereocenters. The van der Waals surface area contributed by atoms with Crippen LogP contribution in [0.25, 0.3) is 5.65 Å². The summed E-state index contributed by atoms with van der Waals surface area (Å²) in [7, 11) is 3.23. The molecule has 1 aliphatic rings. The van der Waals surface area contributed by atoms with Gasteiger partial charge >= 0.3 is 0 Å². The van der Waals surface area contributed by atoms with Crippen molar-refractivity contribution in [2.24, 2.45) is 0 Å². The van der Waals surface area contributed by atoms with Crippen LogP contribution in [-0.2, 0) is 11.2 Å². The van der Waals surface area contributed by atoms with Crippen LogP contribution < -0.4 is 14.4 Å². The van der Waals surface area contributed by atoms with Crippen LogP contribution in [0.5, 0.6) is 11.6 Å². The predicted molar refractivity (Wildman–Crippen MR) is 107 cm³/mol. The molecule has 1 saturated heterocycles. The van der Waals surface area contributed by atoms with Crippen molar-refractivity contribution in [2.45, 2.75) is 12.8 Å². The first-order chi connectivity index (χ1) is 14.2. The Hall–Kier alpha value is -3.36. The molecule has 3 aromatic rings. The van der Waals surface area contributed by atoms with Crippen molar-refractivity contribution in [1.29, 1.82) is 0 Å². The highest BCUT2D eigenvalue weighted by molar-refractivity contribution is 5.76. The number of benzene rings is 1. The third-order valence-electron chi connectivity index (χ3n) is 5.13. The number of amides is 1. The van der Waals surface area contributed by atoms with Crippen LogP contribution >= 0.6 is 0 Å². The fourth-order valence-electron chi connectivity index (χ4n) is 3.48. The third-order valence-corrected chi connectivity index (χ3v) is 5.13. The Labute approximate surface area is 168 Å². The van der Waals surface area contributed by atoms with Crippen LogP contribution in [0.3, 0.4) is 0 Å². The summed E-state index contributed by atoms with van der Waals surface area (Å²) in [6.07, 6.45) is 0.856. The van der Waals surface area contributed by atoms with E-state index in [0.717, 1.165) is 24.5 Å². The van der Waals surface area contributed by atoms with Crippen LogP contribution in [0.2, 0.25) is 0 Å². The number of ether oxygens (including phenoxy) is 2. The largest absolute Gasteiger partial charge is 0.497 e. The van der Waals surface area contributed by atoms with E-state index in [2.05, 4.69) is 26.3 Å². The Balaban J connectivity index is 1.33. The van der Waals surface area contributed by atoms with Crippen molar-refractivity contribution >= 4 is 17.2 Å². The number of hydrogen-bond donors (Lipinski definition) is 0. The first-order valence-electron chi connectivity index (χ1n) is 9.60. The molecular weight excluding hydrogens is 372 g/mol. The van der Waals surface area contributed by atoms with Gasteiger partial charge in [-0.15, -0.1) is 15.3 Å². The maximum atomic E-state index is 12.7. The molecule has 152 valence electrons. The van der Waals surface area contributed by atoms with Gasteiger partial charge < -0.3 is 19.3 Å². The average molecular weight is 396 g/mol. The zero-order valence-electron chi connectivity index (χ0n) is 16.6. The van der Waals surface area contributed by atoms with Crippen molar-refractivity contribution in [3.05, 3.63) is 42.2 Å². The molecule has 1 fully saturated rings. The minimum absolute atomic E-state index is 0.120. The second-order valence-corrected chi connectivity index (χ2v) is 6.83. The summed E-state index contributed by atoms with van der Waals surface area (Å²) >= 11 is 0. The minimum atomic E-state index is 0.120. The van der Waals surface area contributed by atoms with E-state index in [9.17, 15) is 4.79 Å². The van der Waals surface area contributed by atoms with Gasteiger partial charge in [0.15, 0.2) is 11.5 Å². The van der Waals surface area contributed by atoms with Crippen molar-refractivity contribution in [1.82, 2.24) is 24.7 Å². The summed E-state index contributed by atoms with van der Waals surface area (Å²) in [4.78, 5) is 16.9. The number of carbonyl (C=O) groups is 1. The van der Waals surface area contributed by atoms with Gasteiger partial charge in [-0.3, -0.25) is 4.79 Å². The number of methoxy groups -OCH3 is 2. The van der Waals surface area contributed by atoms with Crippen LogP contribution in [0.4, 0.5) is 5.69 Å². The SMILES string of the molecule is COc1cccc(N2CCN(C(=O)CCc3nnc4ccc(OC)nn34)CC2)c1. The van der Waals surface area contributed by atoms with Gasteiger partial charge in [0, 0.05) is 56.8 Å². The highest BCUT2D eigenvalue weighted by Gasteiger charge is 2.22. The lowest BCUT2D eigenvalue weighted by Crippen LogP contribution is -2.48. The lowest BCUT2D eigenvalue weighted by Gasteiger charge is -2.36. The molecule has 4 rings (SSSR count). The fraction of sp³-hybridized carbons (Fsp3) is 0.400. The van der Waals surface area contributed by atoms with Crippen LogP contribution in [0.15, 0.2) is 36.4 Å². The van der Waals surface area contributed by atoms with Crippen LogP contribution in [0, 0.1) is 0 Å². The Morgan fingerprint density at radius 1 is 1.03 bits per heavy atom. The standard InChI is InChI=1S/C20H24N6O3/c1-28-16-5-3-4-15(14-16)24-10-12-25(13-11-24)20(27)9-7-18-22-21-17-6-8-19(29-2)23-26(17)18/h3-6,8,14H,7,9-13H2,1-2H3. The van der Waals surface area contributed by atoms with Gasteiger partial charge in [0.05, 0.1) is 14.2 Å². The van der Waals surface area contributed by atoms with E-state index in [4.69, 9.17) is 9.47 Å². The number of anilines is 1. The first-order valence-corrected chi connectivity index (χ1v) is 9.60. The van der Waals surface area contributed by atoms with E-state index >= 15 is 0 Å². The van der Waals surface area contributed by atoms with Crippen molar-refractivity contribution in [3.63, 3.8) is 0 Å². The number of hydrogen-bond acceptors (Lipinski definition) is 7. The van der Waals surface area contributed by atoms with Crippen molar-refractivity contribution in [3.8, 4) is 11.6 Å². The Morgan fingerprint density at radius 2 is 1.86 bits per heavy atom. The lowest BCUT2D eigenvalue weighted by atomic mass is 10.2. The smallest absolute Gasteiger partial charge is 0.231 e. The highest BCUT2D eigenvalue weighted by atomic mass is 16.5. The molecule has 3 heterocycles. The number of carbonyl (C=O) groups excluding carboxylic acids is 1. The van der Waals surface area contributed by atoms with Gasteiger partial charge in [-0.1, -0.05) is 6.07 Å². The molecule has 1 aromatic carbocycles. The number of aryl methyl sites for hydroxylation is 1. The fourth-order valence-corrected chi connectivity index (χ4v) is 3.48. The van der Waals surface area contributed by atoms with Crippen LogP contribution in [-0.4, -0.2) is 71.0 Å². The maximum absolute atomic E-state index is 12.7. The zero-order chi connectivity index (χ0) is 20.2. The number of aromatic nitrogens is 4. The summed E-state index contributed by atoms with van der Waals surface area (Å²) in [5.74, 6) is 2.10. The summed E-state index contributed by atoms with van der Waals surface area (Å²) < 4.78 is 12.1. The predicted octanol–water partition coefficient (Wildman–Crippen LogP) is 1.42. The molecule has 0 aliphatic carbocycles. The molecule has 9 nitrogen and oxygen atoms in total. The second-order valence-electron chi connectivity index (χ2n) is 6.83. The molecule has 0 N–H and O–H groups in total. The van der Waals surface area contributed by atoms with Gasteiger partial charge in [0.2, 0.25) is 11.8 Å². The monoisotopic (exact) mass is 396 g/mol. The topological polar surface area (TPSA) is 85.1 Å². The van der Waals surface area contributed by atoms with Gasteiger partial charge in [-0.2, -0.15) is 4.52 Å². The number of nitrogens with zero attached hydrogens (tertiary/aromatic N) is 6. The normalized spacial score (nSPS) is 14.3. The number of fused-ring (bicyclic) bond motifs is 1. The minimum Gasteiger partial charge on any atom is -0.497 e. The third kappa shape index (κ3) is 4.08. The van der Waals surface area contributed by atoms with E-state index in [1.54, 1.807) is 30.9 Å². The molecule has 2 aromatic heterocycles. The summed E-state index contributed by atoms with van der Waals surface area (Å²) in [5.41, 5.74) is 1.76. The lowest BCUT2D eigenvalue weighted by molar-refractivity contribution is -0.131. The molecule has 0 spiro atoms. The van der Waals surface area contributed by atoms with Crippen molar-refractivity contribution in [2.75, 3.05) is 45.3 Å². The van der Waals surface area contributed by atoms with E-state index in [1.807, 2.05) is 23.1 Å². The number of rotatable bonds is 6. The average Bonchev–Trinajstić information content (AvgIpc) is 3.19. The molecule has 0 bridgehead atoms. The summed E-state index contributed by atoms with van der Waals surface area (Å²) in [5, 5.41) is 12.6. The molecule has 29 heavy (non-hydrogen) atoms. The molecule has 1 amide bonds. The molecular formula is C20H24N6O3. The van der Waals surface area contributed by atoms with Crippen molar-refractivity contribution < 1.29 is 14.3 Å². The van der Waals surface area contributed by atoms with Crippen LogP contribution in [0.1, 0.15) is 12.2 Å². The Kier molecular flexibility index (Phi) is 5.46. The van der Waals surface area contributed by atoms with Gasteiger partial charge in [-0.25, -0.2) is 0 Å². The van der Waals surface area contributed by atoms with E-state index in [-0.39, 0.29) is 5.91 Å². The Bertz CT molecular complexity index is 997. The molecule has 0 saturated carbocycles. The molecule has 0 unspecified atom stereocenters. The molecule has 9 heteroatoms. The quantitative estimate of drug-likeness (QED) is 0.623. The Morgan fingerprint density at radius 3 is 2.62 bits per heavy atom. The van der Waals surface area contributed by atoms with Gasteiger partial charge in [-0.05, 0) is 18.2 Å². The van der Waals surface area contributed by atoms with E-state index in [0.29, 0.717) is 43.3 Å². The highest BCUT2D eigenvalue weighted by Crippen LogP contribution is 2.22.